The third kappa shape index (κ3) is 3.29. The van der Waals surface area contributed by atoms with E-state index in [1.54, 1.807) is 0 Å². The molecular formula is C20H26N2O4. The van der Waals surface area contributed by atoms with Crippen LogP contribution < -0.4 is 10.1 Å². The largest absolute Gasteiger partial charge is 0.484 e. The monoisotopic (exact) mass is 358 g/mol. The highest BCUT2D eigenvalue weighted by atomic mass is 16.6. The van der Waals surface area contributed by atoms with Crippen LogP contribution in [0.5, 0.6) is 5.75 Å². The molecule has 1 aromatic carbocycles. The molecule has 4 aliphatic rings. The first kappa shape index (κ1) is 17.3. The predicted octanol–water partition coefficient (Wildman–Crippen LogP) is 3.69. The second kappa shape index (κ2) is 6.56. The zero-order valence-corrected chi connectivity index (χ0v) is 15.1. The smallest absolute Gasteiger partial charge is 0.269 e. The highest BCUT2D eigenvalue weighted by Crippen LogP contribution is 2.61. The number of nitro benzene ring substituents is 1. The van der Waals surface area contributed by atoms with Crippen LogP contribution in [0.1, 0.15) is 45.4 Å². The Morgan fingerprint density at radius 3 is 2.23 bits per heavy atom. The quantitative estimate of drug-likeness (QED) is 0.621. The van der Waals surface area contributed by atoms with Crippen molar-refractivity contribution in [1.82, 2.24) is 5.32 Å². The summed E-state index contributed by atoms with van der Waals surface area (Å²) in [6.45, 7) is 2.09. The number of nitro groups is 1. The summed E-state index contributed by atoms with van der Waals surface area (Å²) in [4.78, 5) is 22.6. The van der Waals surface area contributed by atoms with E-state index in [-0.39, 0.29) is 29.7 Å². The standard InChI is InChI=1S/C20H26N2O4/c1-13(20-9-14-6-15(10-20)8-16(7-14)11-20)21-19(23)12-26-18-4-2-17(3-5-18)22(24)25/h2-5,13-16H,6-12H2,1H3,(H,21,23). The number of benzene rings is 1. The normalized spacial score (nSPS) is 32.9. The number of amides is 1. The van der Waals surface area contributed by atoms with Crippen molar-refractivity contribution < 1.29 is 14.5 Å². The zero-order valence-electron chi connectivity index (χ0n) is 15.1. The molecule has 6 nitrogen and oxygen atoms in total. The summed E-state index contributed by atoms with van der Waals surface area (Å²) in [7, 11) is 0. The van der Waals surface area contributed by atoms with Gasteiger partial charge in [-0.15, -0.1) is 0 Å². The highest BCUT2D eigenvalue weighted by molar-refractivity contribution is 5.77. The van der Waals surface area contributed by atoms with E-state index >= 15 is 0 Å². The number of non-ortho nitro benzene ring substituents is 1. The third-order valence-electron chi connectivity index (χ3n) is 6.80. The van der Waals surface area contributed by atoms with Crippen LogP contribution >= 0.6 is 0 Å². The van der Waals surface area contributed by atoms with Gasteiger partial charge >= 0.3 is 0 Å². The molecule has 4 fully saturated rings. The molecule has 4 saturated carbocycles. The van der Waals surface area contributed by atoms with Gasteiger partial charge in [0.2, 0.25) is 0 Å². The van der Waals surface area contributed by atoms with E-state index in [1.807, 2.05) is 0 Å². The summed E-state index contributed by atoms with van der Waals surface area (Å²) in [6, 6.07) is 5.97. The third-order valence-corrected chi connectivity index (χ3v) is 6.80. The van der Waals surface area contributed by atoms with Gasteiger partial charge in [0.1, 0.15) is 5.75 Å². The van der Waals surface area contributed by atoms with E-state index in [4.69, 9.17) is 4.74 Å². The molecule has 4 aliphatic carbocycles. The topological polar surface area (TPSA) is 81.5 Å². The average molecular weight is 358 g/mol. The molecule has 5 rings (SSSR count). The lowest BCUT2D eigenvalue weighted by molar-refractivity contribution is -0.384. The van der Waals surface area contributed by atoms with E-state index in [2.05, 4.69) is 12.2 Å². The molecule has 0 spiro atoms. The Kier molecular flexibility index (Phi) is 4.37. The number of ether oxygens (including phenoxy) is 1. The molecule has 1 unspecified atom stereocenters. The molecule has 6 heteroatoms. The SMILES string of the molecule is CC(NC(=O)COc1ccc([N+](=O)[O-])cc1)C12CC3CC(CC(C3)C1)C2. The van der Waals surface area contributed by atoms with Gasteiger partial charge in [-0.1, -0.05) is 0 Å². The minimum atomic E-state index is -0.455. The van der Waals surface area contributed by atoms with E-state index < -0.39 is 4.92 Å². The summed E-state index contributed by atoms with van der Waals surface area (Å²) in [5.41, 5.74) is 0.287. The van der Waals surface area contributed by atoms with E-state index in [1.165, 1.54) is 62.8 Å². The first-order valence-corrected chi connectivity index (χ1v) is 9.60. The number of carbonyl (C=O) groups is 1. The van der Waals surface area contributed by atoms with Crippen molar-refractivity contribution in [1.29, 1.82) is 0 Å². The number of hydrogen-bond donors (Lipinski definition) is 1. The van der Waals surface area contributed by atoms with Crippen molar-refractivity contribution in [2.45, 2.75) is 51.5 Å². The Labute approximate surface area is 153 Å². The van der Waals surface area contributed by atoms with E-state index in [0.717, 1.165) is 17.8 Å². The molecule has 0 saturated heterocycles. The van der Waals surface area contributed by atoms with Gasteiger partial charge in [0.25, 0.3) is 11.6 Å². The molecule has 1 N–H and O–H groups in total. The zero-order chi connectivity index (χ0) is 18.3. The van der Waals surface area contributed by atoms with Crippen molar-refractivity contribution in [2.75, 3.05) is 6.61 Å². The summed E-state index contributed by atoms with van der Waals surface area (Å²) < 4.78 is 5.49. The van der Waals surface area contributed by atoms with E-state index in [9.17, 15) is 14.9 Å². The van der Waals surface area contributed by atoms with Crippen molar-refractivity contribution in [3.8, 4) is 5.75 Å². The Morgan fingerprint density at radius 2 is 1.73 bits per heavy atom. The van der Waals surface area contributed by atoms with E-state index in [0.29, 0.717) is 5.75 Å². The van der Waals surface area contributed by atoms with Crippen molar-refractivity contribution >= 4 is 11.6 Å². The molecule has 140 valence electrons. The van der Waals surface area contributed by atoms with Crippen LogP contribution in [0, 0.1) is 33.3 Å². The molecule has 0 aliphatic heterocycles. The van der Waals surface area contributed by atoms with Crippen molar-refractivity contribution in [2.24, 2.45) is 23.2 Å². The molecule has 0 heterocycles. The fraction of sp³-hybridized carbons (Fsp3) is 0.650. The van der Waals surface area contributed by atoms with Gasteiger partial charge in [0, 0.05) is 18.2 Å². The Hall–Kier alpha value is -2.11. The lowest BCUT2D eigenvalue weighted by Crippen LogP contribution is -2.56. The van der Waals surface area contributed by atoms with Gasteiger partial charge in [0.15, 0.2) is 6.61 Å². The minimum absolute atomic E-state index is 0.0113. The van der Waals surface area contributed by atoms with Crippen LogP contribution in [-0.4, -0.2) is 23.5 Å². The second-order valence-corrected chi connectivity index (χ2v) is 8.61. The molecule has 4 bridgehead atoms. The Balaban J connectivity index is 1.31. The maximum absolute atomic E-state index is 12.4. The average Bonchev–Trinajstić information content (AvgIpc) is 2.59. The van der Waals surface area contributed by atoms with Gasteiger partial charge in [-0.2, -0.15) is 0 Å². The van der Waals surface area contributed by atoms with Gasteiger partial charge in [-0.3, -0.25) is 14.9 Å². The van der Waals surface area contributed by atoms with Gasteiger partial charge in [-0.25, -0.2) is 0 Å². The first-order valence-electron chi connectivity index (χ1n) is 9.60. The summed E-state index contributed by atoms with van der Waals surface area (Å²) >= 11 is 0. The number of nitrogens with zero attached hydrogens (tertiary/aromatic N) is 1. The molecule has 0 radical (unpaired) electrons. The second-order valence-electron chi connectivity index (χ2n) is 8.61. The fourth-order valence-corrected chi connectivity index (χ4v) is 5.96. The van der Waals surface area contributed by atoms with Crippen LogP contribution in [0.25, 0.3) is 0 Å². The van der Waals surface area contributed by atoms with Crippen LogP contribution in [0.3, 0.4) is 0 Å². The Morgan fingerprint density at radius 1 is 1.19 bits per heavy atom. The molecular weight excluding hydrogens is 332 g/mol. The molecule has 26 heavy (non-hydrogen) atoms. The fourth-order valence-electron chi connectivity index (χ4n) is 5.96. The number of carbonyl (C=O) groups excluding carboxylic acids is 1. The lowest BCUT2D eigenvalue weighted by Gasteiger charge is -2.59. The lowest BCUT2D eigenvalue weighted by atomic mass is 9.48. The molecule has 1 aromatic rings. The summed E-state index contributed by atoms with van der Waals surface area (Å²) in [5, 5.41) is 13.8. The molecule has 0 aromatic heterocycles. The maximum atomic E-state index is 12.4. The summed E-state index contributed by atoms with van der Waals surface area (Å²) in [6.07, 6.45) is 7.94. The first-order chi connectivity index (χ1) is 12.4. The maximum Gasteiger partial charge on any atom is 0.269 e. The highest BCUT2D eigenvalue weighted by Gasteiger charge is 2.53. The van der Waals surface area contributed by atoms with Crippen molar-refractivity contribution in [3.63, 3.8) is 0 Å². The number of hydrogen-bond acceptors (Lipinski definition) is 4. The van der Waals surface area contributed by atoms with Crippen LogP contribution in [0.15, 0.2) is 24.3 Å². The number of rotatable bonds is 6. The van der Waals surface area contributed by atoms with Gasteiger partial charge in [0.05, 0.1) is 4.92 Å². The van der Waals surface area contributed by atoms with Crippen molar-refractivity contribution in [3.05, 3.63) is 34.4 Å². The molecule has 1 atom stereocenters. The Bertz CT molecular complexity index is 665. The van der Waals surface area contributed by atoms with Gasteiger partial charge in [-0.05, 0) is 80.8 Å². The molecule has 1 amide bonds. The van der Waals surface area contributed by atoms with Crippen LogP contribution in [-0.2, 0) is 4.79 Å². The number of nitrogens with one attached hydrogen (secondary N) is 1. The minimum Gasteiger partial charge on any atom is -0.484 e. The predicted molar refractivity (Wildman–Crippen MR) is 96.8 cm³/mol. The summed E-state index contributed by atoms with van der Waals surface area (Å²) in [5.74, 6) is 2.92. The van der Waals surface area contributed by atoms with Gasteiger partial charge < -0.3 is 10.1 Å². The van der Waals surface area contributed by atoms with Crippen LogP contribution in [0.4, 0.5) is 5.69 Å². The van der Waals surface area contributed by atoms with Crippen LogP contribution in [0.2, 0.25) is 0 Å².